The van der Waals surface area contributed by atoms with Crippen LogP contribution in [0.25, 0.3) is 0 Å². The molecule has 1 heterocycles. The first-order chi connectivity index (χ1) is 11.3. The Kier molecular flexibility index (Phi) is 5.19. The number of carbonyl (C=O) groups is 1. The number of benzene rings is 1. The monoisotopic (exact) mass is 311 g/mol. The molecule has 0 radical (unpaired) electrons. The predicted molar refractivity (Wildman–Crippen MR) is 88.4 cm³/mol. The van der Waals surface area contributed by atoms with Crippen LogP contribution in [0.1, 0.15) is 38.5 Å². The minimum atomic E-state index is 0.0805. The van der Waals surface area contributed by atoms with Crippen LogP contribution in [-0.4, -0.2) is 15.9 Å². The highest BCUT2D eigenvalue weighted by Crippen LogP contribution is 2.28. The average Bonchev–Trinajstić information content (AvgIpc) is 3.09. The Morgan fingerprint density at radius 2 is 1.83 bits per heavy atom. The van der Waals surface area contributed by atoms with Crippen molar-refractivity contribution in [2.75, 3.05) is 5.32 Å². The van der Waals surface area contributed by atoms with Gasteiger partial charge >= 0.3 is 6.01 Å². The zero-order chi connectivity index (χ0) is 15.9. The molecule has 0 aliphatic heterocycles. The van der Waals surface area contributed by atoms with Gasteiger partial charge in [0.15, 0.2) is 0 Å². The summed E-state index contributed by atoms with van der Waals surface area (Å²) in [4.78, 5) is 20.0. The van der Waals surface area contributed by atoms with Gasteiger partial charge < -0.3 is 10.1 Å². The highest BCUT2D eigenvalue weighted by molar-refractivity contribution is 5.90. The van der Waals surface area contributed by atoms with Crippen molar-refractivity contribution >= 4 is 11.6 Å². The summed E-state index contributed by atoms with van der Waals surface area (Å²) in [7, 11) is 0. The predicted octanol–water partition coefficient (Wildman–Crippen LogP) is 4.18. The fourth-order valence-corrected chi connectivity index (χ4v) is 2.91. The molecule has 1 N–H and O–H groups in total. The number of rotatable bonds is 6. The first-order valence-corrected chi connectivity index (χ1v) is 8.14. The number of carbonyl (C=O) groups excluding carboxylic acids is 1. The second kappa shape index (κ2) is 7.72. The van der Waals surface area contributed by atoms with E-state index in [9.17, 15) is 4.79 Å². The van der Waals surface area contributed by atoms with E-state index in [4.69, 9.17) is 4.74 Å². The lowest BCUT2D eigenvalue weighted by molar-refractivity contribution is -0.116. The van der Waals surface area contributed by atoms with E-state index in [0.29, 0.717) is 18.2 Å². The Hall–Kier alpha value is -2.43. The van der Waals surface area contributed by atoms with Crippen molar-refractivity contribution in [3.05, 3.63) is 42.7 Å². The summed E-state index contributed by atoms with van der Waals surface area (Å²) < 4.78 is 5.52. The molecular formula is C18H21N3O2. The molecule has 1 saturated carbocycles. The molecule has 0 spiro atoms. The molecular weight excluding hydrogens is 290 g/mol. The Labute approximate surface area is 136 Å². The van der Waals surface area contributed by atoms with Crippen molar-refractivity contribution in [3.63, 3.8) is 0 Å². The molecule has 0 unspecified atom stereocenters. The summed E-state index contributed by atoms with van der Waals surface area (Å²) in [5.41, 5.74) is 0.780. The highest BCUT2D eigenvalue weighted by atomic mass is 16.5. The second-order valence-corrected chi connectivity index (χ2v) is 5.90. The molecule has 0 saturated heterocycles. The topological polar surface area (TPSA) is 64.1 Å². The molecule has 1 aromatic carbocycles. The zero-order valence-corrected chi connectivity index (χ0v) is 13.1. The lowest BCUT2D eigenvalue weighted by Crippen LogP contribution is -2.12. The number of nitrogens with zero attached hydrogens (tertiary/aromatic N) is 2. The van der Waals surface area contributed by atoms with Crippen molar-refractivity contribution in [1.29, 1.82) is 0 Å². The molecule has 1 fully saturated rings. The van der Waals surface area contributed by atoms with E-state index >= 15 is 0 Å². The van der Waals surface area contributed by atoms with E-state index in [0.717, 1.165) is 18.0 Å². The van der Waals surface area contributed by atoms with Crippen LogP contribution in [0.4, 0.5) is 5.69 Å². The van der Waals surface area contributed by atoms with Gasteiger partial charge in [0.2, 0.25) is 5.91 Å². The SMILES string of the molecule is O=C(CCC1CCCC1)Nc1ccc(Oc2ncccn2)cc1. The number of hydrogen-bond donors (Lipinski definition) is 1. The van der Waals surface area contributed by atoms with Gasteiger partial charge in [0.05, 0.1) is 0 Å². The van der Waals surface area contributed by atoms with Gasteiger partial charge in [-0.2, -0.15) is 0 Å². The largest absolute Gasteiger partial charge is 0.424 e. The Balaban J connectivity index is 1.47. The molecule has 2 aromatic rings. The summed E-state index contributed by atoms with van der Waals surface area (Å²) in [6.07, 6.45) is 10.0. The van der Waals surface area contributed by atoms with Crippen LogP contribution in [0.15, 0.2) is 42.7 Å². The van der Waals surface area contributed by atoms with E-state index < -0.39 is 0 Å². The second-order valence-electron chi connectivity index (χ2n) is 5.90. The fraction of sp³-hybridized carbons (Fsp3) is 0.389. The molecule has 1 amide bonds. The van der Waals surface area contributed by atoms with E-state index in [-0.39, 0.29) is 5.91 Å². The summed E-state index contributed by atoms with van der Waals surface area (Å²) >= 11 is 0. The molecule has 1 aliphatic carbocycles. The minimum Gasteiger partial charge on any atom is -0.424 e. The summed E-state index contributed by atoms with van der Waals surface area (Å²) in [5.74, 6) is 1.46. The number of anilines is 1. The molecule has 1 aliphatic rings. The highest BCUT2D eigenvalue weighted by Gasteiger charge is 2.16. The summed E-state index contributed by atoms with van der Waals surface area (Å²) in [5, 5.41) is 2.93. The van der Waals surface area contributed by atoms with Crippen LogP contribution in [0.5, 0.6) is 11.8 Å². The van der Waals surface area contributed by atoms with E-state index in [2.05, 4.69) is 15.3 Å². The quantitative estimate of drug-likeness (QED) is 0.869. The summed E-state index contributed by atoms with van der Waals surface area (Å²) in [6.45, 7) is 0. The number of nitrogens with one attached hydrogen (secondary N) is 1. The van der Waals surface area contributed by atoms with Crippen LogP contribution in [0.3, 0.4) is 0 Å². The van der Waals surface area contributed by atoms with Crippen molar-refractivity contribution in [2.24, 2.45) is 5.92 Å². The van der Waals surface area contributed by atoms with Crippen LogP contribution in [-0.2, 0) is 4.79 Å². The fourth-order valence-electron chi connectivity index (χ4n) is 2.91. The Morgan fingerprint density at radius 1 is 1.13 bits per heavy atom. The van der Waals surface area contributed by atoms with Crippen molar-refractivity contribution in [2.45, 2.75) is 38.5 Å². The van der Waals surface area contributed by atoms with Gasteiger partial charge in [0, 0.05) is 24.5 Å². The number of hydrogen-bond acceptors (Lipinski definition) is 4. The third-order valence-electron chi connectivity index (χ3n) is 4.14. The van der Waals surface area contributed by atoms with Gasteiger partial charge in [-0.1, -0.05) is 25.7 Å². The van der Waals surface area contributed by atoms with Gasteiger partial charge in [-0.05, 0) is 42.7 Å². The molecule has 23 heavy (non-hydrogen) atoms. The lowest BCUT2D eigenvalue weighted by Gasteiger charge is -2.09. The number of ether oxygens (including phenoxy) is 1. The van der Waals surface area contributed by atoms with Gasteiger partial charge in [-0.25, -0.2) is 9.97 Å². The molecule has 0 bridgehead atoms. The van der Waals surface area contributed by atoms with Crippen LogP contribution >= 0.6 is 0 Å². The standard InChI is InChI=1S/C18H21N3O2/c22-17(11-6-14-4-1-2-5-14)21-15-7-9-16(10-8-15)23-18-19-12-3-13-20-18/h3,7-10,12-14H,1-2,4-6,11H2,(H,21,22). The maximum absolute atomic E-state index is 12.0. The molecule has 120 valence electrons. The first-order valence-electron chi connectivity index (χ1n) is 8.14. The Bertz CT molecular complexity index is 622. The molecule has 1 aromatic heterocycles. The lowest BCUT2D eigenvalue weighted by atomic mass is 10.0. The van der Waals surface area contributed by atoms with Crippen LogP contribution < -0.4 is 10.1 Å². The average molecular weight is 311 g/mol. The van der Waals surface area contributed by atoms with Gasteiger partial charge in [-0.3, -0.25) is 4.79 Å². The van der Waals surface area contributed by atoms with Gasteiger partial charge in [0.1, 0.15) is 5.75 Å². The Morgan fingerprint density at radius 3 is 2.52 bits per heavy atom. The van der Waals surface area contributed by atoms with Crippen molar-refractivity contribution < 1.29 is 9.53 Å². The third-order valence-corrected chi connectivity index (χ3v) is 4.14. The van der Waals surface area contributed by atoms with E-state index in [1.807, 2.05) is 12.1 Å². The van der Waals surface area contributed by atoms with Crippen molar-refractivity contribution in [3.8, 4) is 11.8 Å². The van der Waals surface area contributed by atoms with E-state index in [1.165, 1.54) is 25.7 Å². The molecule has 5 nitrogen and oxygen atoms in total. The molecule has 5 heteroatoms. The molecule has 3 rings (SSSR count). The number of amides is 1. The third kappa shape index (κ3) is 4.77. The first kappa shape index (κ1) is 15.5. The summed E-state index contributed by atoms with van der Waals surface area (Å²) in [6, 6.07) is 9.28. The van der Waals surface area contributed by atoms with Gasteiger partial charge in [-0.15, -0.1) is 0 Å². The maximum atomic E-state index is 12.0. The minimum absolute atomic E-state index is 0.0805. The van der Waals surface area contributed by atoms with Crippen LogP contribution in [0.2, 0.25) is 0 Å². The van der Waals surface area contributed by atoms with Gasteiger partial charge in [0.25, 0.3) is 0 Å². The molecule has 0 atom stereocenters. The smallest absolute Gasteiger partial charge is 0.321 e. The number of aromatic nitrogens is 2. The normalized spacial score (nSPS) is 14.6. The van der Waals surface area contributed by atoms with E-state index in [1.54, 1.807) is 30.6 Å². The van der Waals surface area contributed by atoms with Crippen LogP contribution in [0, 0.1) is 5.92 Å². The van der Waals surface area contributed by atoms with Crippen molar-refractivity contribution in [1.82, 2.24) is 9.97 Å². The maximum Gasteiger partial charge on any atom is 0.321 e. The zero-order valence-electron chi connectivity index (χ0n) is 13.1.